The van der Waals surface area contributed by atoms with Crippen LogP contribution in [0.2, 0.25) is 0 Å². The zero-order valence-electron chi connectivity index (χ0n) is 20.2. The number of ether oxygens (including phenoxy) is 1. The molecular weight excluding hydrogens is 407 g/mol. The molecule has 1 unspecified atom stereocenters. The largest absolute Gasteiger partial charge is 0.462 e. The minimum atomic E-state index is -2.00. The Morgan fingerprint density at radius 3 is 2.31 bits per heavy atom. The normalized spacial score (nSPS) is 13.8. The number of rotatable bonds is 9. The summed E-state index contributed by atoms with van der Waals surface area (Å²) in [5.41, 5.74) is -0.270. The number of hydrogen-bond donors (Lipinski definition) is 1. The molecule has 32 heavy (non-hydrogen) atoms. The molecule has 0 saturated heterocycles. The topological polar surface area (TPSA) is 62.1 Å². The average Bonchev–Trinajstić information content (AvgIpc) is 2.76. The molecule has 2 aromatic carbocycles. The molecular formula is C26H35FN2O3. The summed E-state index contributed by atoms with van der Waals surface area (Å²) in [6.45, 7) is 11.5. The van der Waals surface area contributed by atoms with Gasteiger partial charge in [0.05, 0.1) is 24.2 Å². The SMILES string of the molecule is CCOC(=O)c1ccc(C(O)(c2cc(C)c(/N=C/N(C)CC)cc2CC)C(C)(C)F)cc1. The van der Waals surface area contributed by atoms with E-state index >= 15 is 4.39 Å². The summed E-state index contributed by atoms with van der Waals surface area (Å²) < 4.78 is 20.7. The summed E-state index contributed by atoms with van der Waals surface area (Å²) in [5.74, 6) is -0.452. The molecule has 1 N–H and O–H groups in total. The van der Waals surface area contributed by atoms with Crippen molar-refractivity contribution in [2.45, 2.75) is 59.2 Å². The maximum atomic E-state index is 15.7. The van der Waals surface area contributed by atoms with Crippen LogP contribution in [-0.2, 0) is 16.8 Å². The predicted octanol–water partition coefficient (Wildman–Crippen LogP) is 5.33. The van der Waals surface area contributed by atoms with E-state index in [1.54, 1.807) is 37.5 Å². The molecule has 174 valence electrons. The highest BCUT2D eigenvalue weighted by molar-refractivity contribution is 5.89. The fourth-order valence-electron chi connectivity index (χ4n) is 3.63. The molecule has 2 rings (SSSR count). The molecule has 0 bridgehead atoms. The van der Waals surface area contributed by atoms with Crippen molar-refractivity contribution in [3.05, 3.63) is 64.2 Å². The lowest BCUT2D eigenvalue weighted by molar-refractivity contribution is -0.0587. The number of hydrogen-bond acceptors (Lipinski definition) is 4. The highest BCUT2D eigenvalue weighted by Crippen LogP contribution is 2.44. The summed E-state index contributed by atoms with van der Waals surface area (Å²) in [6, 6.07) is 10.0. The number of nitrogens with zero attached hydrogens (tertiary/aromatic N) is 2. The molecule has 5 nitrogen and oxygen atoms in total. The van der Waals surface area contributed by atoms with Crippen molar-refractivity contribution in [3.8, 4) is 0 Å². The third-order valence-electron chi connectivity index (χ3n) is 5.76. The number of alkyl halides is 1. The van der Waals surface area contributed by atoms with Crippen molar-refractivity contribution in [2.75, 3.05) is 20.2 Å². The standard InChI is InChI=1S/C26H35FN2O3/c1-8-19-16-23(28-17-29(7)9-2)18(4)15-22(19)26(31,25(5,6)27)21-13-11-20(12-14-21)24(30)32-10-3/h11-17,31H,8-10H2,1-7H3/b28-17+. The van der Waals surface area contributed by atoms with Gasteiger partial charge in [-0.2, -0.15) is 0 Å². The van der Waals surface area contributed by atoms with E-state index in [0.29, 0.717) is 23.1 Å². The van der Waals surface area contributed by atoms with E-state index in [9.17, 15) is 9.90 Å². The number of benzene rings is 2. The van der Waals surface area contributed by atoms with E-state index in [1.807, 2.05) is 44.9 Å². The molecule has 0 aliphatic rings. The van der Waals surface area contributed by atoms with Crippen LogP contribution in [0.25, 0.3) is 0 Å². The van der Waals surface area contributed by atoms with Crippen LogP contribution in [0, 0.1) is 6.92 Å². The summed E-state index contributed by atoms with van der Waals surface area (Å²) in [6.07, 6.45) is 2.36. The van der Waals surface area contributed by atoms with Gasteiger partial charge in [-0.3, -0.25) is 0 Å². The highest BCUT2D eigenvalue weighted by Gasteiger charge is 2.48. The van der Waals surface area contributed by atoms with E-state index in [-0.39, 0.29) is 6.61 Å². The summed E-state index contributed by atoms with van der Waals surface area (Å²) in [5, 5.41) is 11.9. The predicted molar refractivity (Wildman–Crippen MR) is 128 cm³/mol. The van der Waals surface area contributed by atoms with Gasteiger partial charge in [0, 0.05) is 13.6 Å². The average molecular weight is 443 g/mol. The van der Waals surface area contributed by atoms with E-state index in [4.69, 9.17) is 4.74 Å². The summed E-state index contributed by atoms with van der Waals surface area (Å²) in [4.78, 5) is 18.5. The summed E-state index contributed by atoms with van der Waals surface area (Å²) in [7, 11) is 1.94. The highest BCUT2D eigenvalue weighted by atomic mass is 19.1. The van der Waals surface area contributed by atoms with Crippen molar-refractivity contribution >= 4 is 18.0 Å². The van der Waals surface area contributed by atoms with Gasteiger partial charge in [-0.25, -0.2) is 14.2 Å². The maximum Gasteiger partial charge on any atom is 0.338 e. The first-order valence-electron chi connectivity index (χ1n) is 11.1. The van der Waals surface area contributed by atoms with Crippen LogP contribution in [0.15, 0.2) is 41.4 Å². The van der Waals surface area contributed by atoms with Crippen LogP contribution in [0.5, 0.6) is 0 Å². The van der Waals surface area contributed by atoms with E-state index < -0.39 is 17.2 Å². The Balaban J connectivity index is 2.64. The zero-order chi connectivity index (χ0) is 24.1. The van der Waals surface area contributed by atoms with E-state index in [1.165, 1.54) is 13.8 Å². The van der Waals surface area contributed by atoms with Crippen molar-refractivity contribution in [1.29, 1.82) is 0 Å². The second-order valence-corrected chi connectivity index (χ2v) is 8.45. The van der Waals surface area contributed by atoms with Gasteiger partial charge >= 0.3 is 5.97 Å². The molecule has 0 heterocycles. The monoisotopic (exact) mass is 442 g/mol. The van der Waals surface area contributed by atoms with Gasteiger partial charge in [-0.1, -0.05) is 25.1 Å². The van der Waals surface area contributed by atoms with Gasteiger partial charge in [0.2, 0.25) is 0 Å². The van der Waals surface area contributed by atoms with Gasteiger partial charge in [-0.15, -0.1) is 0 Å². The molecule has 0 saturated carbocycles. The summed E-state index contributed by atoms with van der Waals surface area (Å²) >= 11 is 0. The van der Waals surface area contributed by atoms with Crippen LogP contribution < -0.4 is 0 Å². The number of aliphatic imine (C=N–C) groups is 1. The third-order valence-corrected chi connectivity index (χ3v) is 5.76. The first-order chi connectivity index (χ1) is 15.0. The molecule has 0 aliphatic heterocycles. The Morgan fingerprint density at radius 1 is 1.19 bits per heavy atom. The lowest BCUT2D eigenvalue weighted by Crippen LogP contribution is -2.46. The second kappa shape index (κ2) is 10.3. The van der Waals surface area contributed by atoms with Crippen molar-refractivity contribution in [2.24, 2.45) is 4.99 Å². The molecule has 0 spiro atoms. The zero-order valence-corrected chi connectivity index (χ0v) is 20.2. The van der Waals surface area contributed by atoms with E-state index in [0.717, 1.165) is 23.4 Å². The Morgan fingerprint density at radius 2 is 1.81 bits per heavy atom. The Kier molecular flexibility index (Phi) is 8.18. The molecule has 1 atom stereocenters. The lowest BCUT2D eigenvalue weighted by Gasteiger charge is -2.39. The van der Waals surface area contributed by atoms with Crippen LogP contribution in [0.4, 0.5) is 10.1 Å². The minimum absolute atomic E-state index is 0.268. The number of carbonyl (C=O) groups is 1. The molecule has 0 aliphatic carbocycles. The van der Waals surface area contributed by atoms with Crippen LogP contribution in [0.3, 0.4) is 0 Å². The second-order valence-electron chi connectivity index (χ2n) is 8.45. The fraction of sp³-hybridized carbons (Fsp3) is 0.462. The quantitative estimate of drug-likeness (QED) is 0.324. The molecule has 0 aromatic heterocycles. The smallest absolute Gasteiger partial charge is 0.338 e. The third kappa shape index (κ3) is 5.18. The van der Waals surface area contributed by atoms with Gasteiger partial charge in [0.15, 0.2) is 0 Å². The minimum Gasteiger partial charge on any atom is -0.462 e. The molecule has 6 heteroatoms. The number of halogens is 1. The maximum absolute atomic E-state index is 15.7. The van der Waals surface area contributed by atoms with Crippen LogP contribution in [-0.4, -0.2) is 48.2 Å². The number of esters is 1. The van der Waals surface area contributed by atoms with Crippen molar-refractivity contribution in [3.63, 3.8) is 0 Å². The Hall–Kier alpha value is -2.73. The molecule has 2 aromatic rings. The van der Waals surface area contributed by atoms with Gasteiger partial charge in [0.25, 0.3) is 0 Å². The van der Waals surface area contributed by atoms with Gasteiger partial charge in [-0.05, 0) is 81.5 Å². The first kappa shape index (κ1) is 25.5. The van der Waals surface area contributed by atoms with E-state index in [2.05, 4.69) is 4.99 Å². The van der Waals surface area contributed by atoms with Gasteiger partial charge in [0.1, 0.15) is 11.3 Å². The molecule has 0 radical (unpaired) electrons. The van der Waals surface area contributed by atoms with Crippen LogP contribution >= 0.6 is 0 Å². The van der Waals surface area contributed by atoms with Crippen molar-refractivity contribution < 1.29 is 19.0 Å². The number of aliphatic hydroxyl groups is 1. The molecule has 0 fully saturated rings. The number of aryl methyl sites for hydroxylation is 2. The van der Waals surface area contributed by atoms with Gasteiger partial charge < -0.3 is 14.7 Å². The Bertz CT molecular complexity index is 964. The molecule has 0 amide bonds. The number of carbonyl (C=O) groups excluding carboxylic acids is 1. The van der Waals surface area contributed by atoms with Crippen molar-refractivity contribution in [1.82, 2.24) is 4.90 Å². The van der Waals surface area contributed by atoms with Crippen LogP contribution in [0.1, 0.15) is 67.2 Å². The first-order valence-corrected chi connectivity index (χ1v) is 11.1. The lowest BCUT2D eigenvalue weighted by atomic mass is 9.73. The Labute approximate surface area is 190 Å². The fourth-order valence-corrected chi connectivity index (χ4v) is 3.63.